The maximum atomic E-state index is 11.7. The molecule has 0 spiro atoms. The highest BCUT2D eigenvalue weighted by Gasteiger charge is 2.12. The number of carbonyl (C=O) groups excluding carboxylic acids is 1. The van der Waals surface area contributed by atoms with E-state index < -0.39 is 0 Å². The van der Waals surface area contributed by atoms with Crippen LogP contribution in [0.3, 0.4) is 0 Å². The van der Waals surface area contributed by atoms with Gasteiger partial charge in [0.2, 0.25) is 5.91 Å². The van der Waals surface area contributed by atoms with E-state index in [1.165, 1.54) is 11.9 Å². The second kappa shape index (κ2) is 6.30. The minimum Gasteiger partial charge on any atom is -0.273 e. The Kier molecular flexibility index (Phi) is 4.48. The van der Waals surface area contributed by atoms with E-state index in [1.807, 2.05) is 37.3 Å². The summed E-state index contributed by atoms with van der Waals surface area (Å²) in [5.74, 6) is 0.182. The fourth-order valence-electron chi connectivity index (χ4n) is 1.68. The van der Waals surface area contributed by atoms with Gasteiger partial charge in [-0.1, -0.05) is 41.9 Å². The lowest BCUT2D eigenvalue weighted by atomic mass is 10.2. The van der Waals surface area contributed by atoms with E-state index in [2.05, 4.69) is 10.1 Å². The number of halogens is 1. The smallest absolute Gasteiger partial charge is 0.245 e. The lowest BCUT2D eigenvalue weighted by Gasteiger charge is -2.14. The number of rotatable bonds is 3. The van der Waals surface area contributed by atoms with E-state index in [0.717, 1.165) is 11.1 Å². The van der Waals surface area contributed by atoms with Gasteiger partial charge in [-0.05, 0) is 30.2 Å². The first-order valence-electron chi connectivity index (χ1n) is 6.10. The fourth-order valence-corrected chi connectivity index (χ4v) is 1.94. The van der Waals surface area contributed by atoms with Crippen LogP contribution in [0.2, 0.25) is 5.15 Å². The zero-order valence-electron chi connectivity index (χ0n) is 11.2. The number of hydrogen-bond donors (Lipinski definition) is 0. The fraction of sp³-hybridized carbons (Fsp3) is 0.133. The van der Waals surface area contributed by atoms with Crippen molar-refractivity contribution in [2.24, 2.45) is 5.10 Å². The maximum Gasteiger partial charge on any atom is 0.245 e. The van der Waals surface area contributed by atoms with E-state index in [1.54, 1.807) is 18.3 Å². The number of amides is 1. The number of aryl methyl sites for hydroxylation is 1. The molecule has 0 aliphatic heterocycles. The number of hydrogen-bond acceptors (Lipinski definition) is 3. The third-order valence-corrected chi connectivity index (χ3v) is 2.76. The number of carbonyl (C=O) groups is 1. The second-order valence-electron chi connectivity index (χ2n) is 4.31. The highest BCUT2D eigenvalue weighted by atomic mass is 35.5. The average Bonchev–Trinajstić information content (AvgIpc) is 2.38. The van der Waals surface area contributed by atoms with Gasteiger partial charge in [-0.3, -0.25) is 4.79 Å². The molecule has 5 heteroatoms. The quantitative estimate of drug-likeness (QED) is 0.493. The number of pyridine rings is 1. The van der Waals surface area contributed by atoms with E-state index in [9.17, 15) is 4.79 Å². The third kappa shape index (κ3) is 3.65. The van der Waals surface area contributed by atoms with Crippen molar-refractivity contribution in [3.05, 3.63) is 58.7 Å². The zero-order valence-corrected chi connectivity index (χ0v) is 12.0. The van der Waals surface area contributed by atoms with Gasteiger partial charge in [0.05, 0.1) is 6.21 Å². The monoisotopic (exact) mass is 287 g/mol. The molecule has 4 nitrogen and oxygen atoms in total. The molecule has 1 aromatic heterocycles. The number of anilines is 1. The van der Waals surface area contributed by atoms with Crippen molar-refractivity contribution in [3.63, 3.8) is 0 Å². The molecule has 0 atom stereocenters. The summed E-state index contributed by atoms with van der Waals surface area (Å²) in [4.78, 5) is 15.8. The first-order chi connectivity index (χ1) is 9.56. The Morgan fingerprint density at radius 1 is 1.30 bits per heavy atom. The van der Waals surface area contributed by atoms with E-state index in [0.29, 0.717) is 11.0 Å². The van der Waals surface area contributed by atoms with Crippen LogP contribution >= 0.6 is 11.6 Å². The molecular weight excluding hydrogens is 274 g/mol. The van der Waals surface area contributed by atoms with Crippen molar-refractivity contribution in [2.75, 3.05) is 5.01 Å². The van der Waals surface area contributed by atoms with Gasteiger partial charge in [0, 0.05) is 6.92 Å². The Morgan fingerprint density at radius 2 is 2.00 bits per heavy atom. The minimum absolute atomic E-state index is 0.230. The van der Waals surface area contributed by atoms with Crippen LogP contribution in [-0.4, -0.2) is 17.1 Å². The van der Waals surface area contributed by atoms with Crippen molar-refractivity contribution in [1.29, 1.82) is 0 Å². The first kappa shape index (κ1) is 14.2. The standard InChI is InChI=1S/C15H14ClN3O/c1-11-8-14(16)18-15(9-11)19(12(2)20)17-10-13-6-4-3-5-7-13/h3-10H,1-2H3/b17-10+. The number of aromatic nitrogens is 1. The van der Waals surface area contributed by atoms with Crippen LogP contribution in [0.25, 0.3) is 0 Å². The summed E-state index contributed by atoms with van der Waals surface area (Å²) in [5.41, 5.74) is 1.82. The number of nitrogens with zero attached hydrogens (tertiary/aromatic N) is 3. The highest BCUT2D eigenvalue weighted by molar-refractivity contribution is 6.29. The molecule has 0 unspecified atom stereocenters. The largest absolute Gasteiger partial charge is 0.273 e. The predicted octanol–water partition coefficient (Wildman–Crippen LogP) is 3.43. The molecule has 2 rings (SSSR count). The molecule has 20 heavy (non-hydrogen) atoms. The van der Waals surface area contributed by atoms with Crippen LogP contribution in [0, 0.1) is 6.92 Å². The summed E-state index contributed by atoms with van der Waals surface area (Å²) in [5, 5.41) is 5.75. The topological polar surface area (TPSA) is 45.6 Å². The van der Waals surface area contributed by atoms with Gasteiger partial charge in [0.1, 0.15) is 5.15 Å². The Balaban J connectivity index is 2.32. The first-order valence-corrected chi connectivity index (χ1v) is 6.48. The molecule has 0 fully saturated rings. The van der Waals surface area contributed by atoms with Crippen LogP contribution < -0.4 is 5.01 Å². The van der Waals surface area contributed by atoms with Gasteiger partial charge in [-0.15, -0.1) is 0 Å². The summed E-state index contributed by atoms with van der Waals surface area (Å²) >= 11 is 5.92. The van der Waals surface area contributed by atoms with Crippen LogP contribution in [0.1, 0.15) is 18.1 Å². The zero-order chi connectivity index (χ0) is 14.5. The summed E-state index contributed by atoms with van der Waals surface area (Å²) in [6, 6.07) is 13.0. The molecule has 102 valence electrons. The summed E-state index contributed by atoms with van der Waals surface area (Å²) < 4.78 is 0. The van der Waals surface area contributed by atoms with Crippen molar-refractivity contribution in [2.45, 2.75) is 13.8 Å². The van der Waals surface area contributed by atoms with E-state index in [4.69, 9.17) is 11.6 Å². The summed E-state index contributed by atoms with van der Waals surface area (Å²) in [6.45, 7) is 3.32. The van der Waals surface area contributed by atoms with Crippen molar-refractivity contribution in [1.82, 2.24) is 4.98 Å². The number of benzene rings is 1. The van der Waals surface area contributed by atoms with Crippen LogP contribution in [0.15, 0.2) is 47.6 Å². The minimum atomic E-state index is -0.230. The molecule has 1 aromatic carbocycles. The highest BCUT2D eigenvalue weighted by Crippen LogP contribution is 2.18. The van der Waals surface area contributed by atoms with Gasteiger partial charge >= 0.3 is 0 Å². The molecule has 1 heterocycles. The second-order valence-corrected chi connectivity index (χ2v) is 4.70. The third-order valence-electron chi connectivity index (χ3n) is 2.56. The van der Waals surface area contributed by atoms with Gasteiger partial charge in [-0.2, -0.15) is 10.1 Å². The lowest BCUT2D eigenvalue weighted by Crippen LogP contribution is -2.23. The van der Waals surface area contributed by atoms with Crippen LogP contribution in [-0.2, 0) is 4.79 Å². The Hall–Kier alpha value is -2.20. The maximum absolute atomic E-state index is 11.7. The molecule has 0 aliphatic carbocycles. The molecule has 0 radical (unpaired) electrons. The van der Waals surface area contributed by atoms with E-state index >= 15 is 0 Å². The van der Waals surface area contributed by atoms with Crippen LogP contribution in [0.4, 0.5) is 5.82 Å². The Labute approximate surface area is 122 Å². The number of hydrazone groups is 1. The van der Waals surface area contributed by atoms with Crippen molar-refractivity contribution in [3.8, 4) is 0 Å². The molecule has 1 amide bonds. The molecule has 2 aromatic rings. The molecule has 0 saturated carbocycles. The van der Waals surface area contributed by atoms with Gasteiger partial charge in [0.15, 0.2) is 5.82 Å². The van der Waals surface area contributed by atoms with Crippen molar-refractivity contribution < 1.29 is 4.79 Å². The predicted molar refractivity (Wildman–Crippen MR) is 81.2 cm³/mol. The summed E-state index contributed by atoms with van der Waals surface area (Å²) in [6.07, 6.45) is 1.61. The van der Waals surface area contributed by atoms with Crippen LogP contribution in [0.5, 0.6) is 0 Å². The Bertz CT molecular complexity index is 621. The SMILES string of the molecule is CC(=O)N(/N=C/c1ccccc1)c1cc(C)cc(Cl)n1. The lowest BCUT2D eigenvalue weighted by molar-refractivity contribution is -0.116. The van der Waals surface area contributed by atoms with E-state index in [-0.39, 0.29) is 5.91 Å². The van der Waals surface area contributed by atoms with Gasteiger partial charge in [0.25, 0.3) is 0 Å². The van der Waals surface area contributed by atoms with Gasteiger partial charge in [-0.25, -0.2) is 4.98 Å². The van der Waals surface area contributed by atoms with Gasteiger partial charge < -0.3 is 0 Å². The molecule has 0 N–H and O–H groups in total. The van der Waals surface area contributed by atoms with Crippen molar-refractivity contribution >= 4 is 29.5 Å². The normalized spacial score (nSPS) is 10.8. The molecule has 0 saturated heterocycles. The summed E-state index contributed by atoms with van der Waals surface area (Å²) in [7, 11) is 0. The molecule has 0 aliphatic rings. The molecule has 0 bridgehead atoms. The Morgan fingerprint density at radius 3 is 2.60 bits per heavy atom. The molecular formula is C15H14ClN3O. The average molecular weight is 288 g/mol.